The van der Waals surface area contributed by atoms with E-state index in [2.05, 4.69) is 15.5 Å². The van der Waals surface area contributed by atoms with Gasteiger partial charge in [0, 0.05) is 6.92 Å². The molecule has 1 aliphatic heterocycles. The molecule has 6 heteroatoms. The zero-order valence-corrected chi connectivity index (χ0v) is 7.87. The van der Waals surface area contributed by atoms with Gasteiger partial charge in [-0.1, -0.05) is 0 Å². The van der Waals surface area contributed by atoms with Crippen LogP contribution in [0.15, 0.2) is 9.52 Å². The number of aromatic nitrogens is 1. The summed E-state index contributed by atoms with van der Waals surface area (Å²) in [7, 11) is 0. The van der Waals surface area contributed by atoms with Gasteiger partial charge < -0.3 is 10.2 Å². The molecule has 0 bridgehead atoms. The molecule has 0 saturated carbocycles. The molecule has 74 valence electrons. The molecule has 3 N–H and O–H groups in total. The van der Waals surface area contributed by atoms with Crippen molar-refractivity contribution in [2.75, 3.05) is 0 Å². The van der Waals surface area contributed by atoms with Crippen LogP contribution in [0.3, 0.4) is 0 Å². The minimum atomic E-state index is -0.763. The number of oxazole rings is 1. The second kappa shape index (κ2) is 2.91. The van der Waals surface area contributed by atoms with E-state index in [0.717, 1.165) is 0 Å². The van der Waals surface area contributed by atoms with Crippen LogP contribution >= 0.6 is 0 Å². The second-order valence-corrected chi connectivity index (χ2v) is 3.10. The van der Waals surface area contributed by atoms with Gasteiger partial charge in [-0.05, 0) is 6.92 Å². The van der Waals surface area contributed by atoms with Crippen molar-refractivity contribution in [3.05, 3.63) is 17.3 Å². The average molecular weight is 194 g/mol. The van der Waals surface area contributed by atoms with Crippen molar-refractivity contribution in [3.8, 4) is 0 Å². The van der Waals surface area contributed by atoms with E-state index in [-0.39, 0.29) is 5.91 Å². The van der Waals surface area contributed by atoms with Crippen molar-refractivity contribution in [1.82, 2.24) is 10.4 Å². The first-order chi connectivity index (χ1) is 6.59. The highest BCUT2D eigenvalue weighted by atomic mass is 16.4. The minimum absolute atomic E-state index is 0.326. The van der Waals surface area contributed by atoms with E-state index in [1.165, 1.54) is 0 Å². The molecular formula is C8H10N4O2. The number of nitrogens with zero attached hydrogens (tertiary/aromatic N) is 2. The summed E-state index contributed by atoms with van der Waals surface area (Å²) in [5.74, 6) is 0.688. The van der Waals surface area contributed by atoms with Crippen molar-refractivity contribution in [1.29, 1.82) is 0 Å². The number of rotatable bonds is 1. The van der Waals surface area contributed by atoms with Crippen molar-refractivity contribution in [2.45, 2.75) is 19.9 Å². The lowest BCUT2D eigenvalue weighted by atomic mass is 10.1. The summed E-state index contributed by atoms with van der Waals surface area (Å²) in [5, 5.41) is 3.80. The van der Waals surface area contributed by atoms with Crippen LogP contribution in [0, 0.1) is 13.8 Å². The number of nitrogens with two attached hydrogens (primary N) is 1. The standard InChI is InChI=1S/C8H10N4O2/c1-3-7(14-4(2)10-3)6-5(9)8(13)12-11-6/h5H,9H2,1-2H3,(H,12,13). The lowest BCUT2D eigenvalue weighted by Gasteiger charge is -2.00. The number of carbonyl (C=O) groups excluding carboxylic acids is 1. The lowest BCUT2D eigenvalue weighted by molar-refractivity contribution is -0.120. The van der Waals surface area contributed by atoms with Gasteiger partial charge in [0.05, 0.1) is 5.69 Å². The van der Waals surface area contributed by atoms with Crippen LogP contribution in [-0.2, 0) is 4.79 Å². The van der Waals surface area contributed by atoms with E-state index in [9.17, 15) is 4.79 Å². The molecule has 1 atom stereocenters. The van der Waals surface area contributed by atoms with Crippen LogP contribution in [0.4, 0.5) is 0 Å². The molecule has 0 radical (unpaired) electrons. The van der Waals surface area contributed by atoms with Crippen LogP contribution in [0.5, 0.6) is 0 Å². The largest absolute Gasteiger partial charge is 0.439 e. The van der Waals surface area contributed by atoms with Gasteiger partial charge in [-0.15, -0.1) is 0 Å². The highest BCUT2D eigenvalue weighted by Gasteiger charge is 2.30. The van der Waals surface area contributed by atoms with Gasteiger partial charge in [0.15, 0.2) is 11.7 Å². The topological polar surface area (TPSA) is 93.5 Å². The Balaban J connectivity index is 2.41. The van der Waals surface area contributed by atoms with Crippen LogP contribution in [0.1, 0.15) is 17.3 Å². The van der Waals surface area contributed by atoms with E-state index < -0.39 is 6.04 Å². The minimum Gasteiger partial charge on any atom is -0.439 e. The predicted octanol–water partition coefficient (Wildman–Crippen LogP) is -0.547. The van der Waals surface area contributed by atoms with E-state index >= 15 is 0 Å². The Bertz CT molecular complexity index is 421. The predicted molar refractivity (Wildman–Crippen MR) is 48.6 cm³/mol. The number of aryl methyl sites for hydroxylation is 2. The third kappa shape index (κ3) is 1.20. The van der Waals surface area contributed by atoms with Gasteiger partial charge in [-0.2, -0.15) is 5.10 Å². The summed E-state index contributed by atoms with van der Waals surface area (Å²) in [6, 6.07) is -0.763. The molecule has 1 unspecified atom stereocenters. The highest BCUT2D eigenvalue weighted by molar-refractivity contribution is 6.18. The zero-order valence-electron chi connectivity index (χ0n) is 7.87. The number of hydrogen-bond acceptors (Lipinski definition) is 5. The first-order valence-corrected chi connectivity index (χ1v) is 4.17. The molecule has 0 aromatic carbocycles. The Labute approximate surface area is 80.2 Å². The first kappa shape index (κ1) is 8.89. The molecule has 1 amide bonds. The average Bonchev–Trinajstić information content (AvgIpc) is 2.59. The normalized spacial score (nSPS) is 20.9. The molecule has 6 nitrogen and oxygen atoms in total. The molecule has 1 aromatic rings. The number of nitrogens with one attached hydrogen (secondary N) is 1. The first-order valence-electron chi connectivity index (χ1n) is 4.17. The van der Waals surface area contributed by atoms with E-state index in [4.69, 9.17) is 10.2 Å². The summed E-state index contributed by atoms with van der Waals surface area (Å²) >= 11 is 0. The van der Waals surface area contributed by atoms with Crippen LogP contribution in [0.25, 0.3) is 0 Å². The molecule has 1 aliphatic rings. The summed E-state index contributed by atoms with van der Waals surface area (Å²) < 4.78 is 5.30. The molecule has 1 aromatic heterocycles. The fourth-order valence-electron chi connectivity index (χ4n) is 1.34. The third-order valence-electron chi connectivity index (χ3n) is 2.00. The number of carbonyl (C=O) groups is 1. The molecule has 2 rings (SSSR count). The Kier molecular flexibility index (Phi) is 1.85. The maximum absolute atomic E-state index is 11.1. The van der Waals surface area contributed by atoms with Gasteiger partial charge in [0.1, 0.15) is 11.8 Å². The van der Waals surface area contributed by atoms with E-state index in [1.54, 1.807) is 13.8 Å². The third-order valence-corrected chi connectivity index (χ3v) is 2.00. The fraction of sp³-hybridized carbons (Fsp3) is 0.375. The molecular weight excluding hydrogens is 184 g/mol. The molecule has 0 aliphatic carbocycles. The van der Waals surface area contributed by atoms with Crippen molar-refractivity contribution in [3.63, 3.8) is 0 Å². The van der Waals surface area contributed by atoms with Gasteiger partial charge in [0.25, 0.3) is 5.91 Å². The number of hydrogen-bond donors (Lipinski definition) is 2. The highest BCUT2D eigenvalue weighted by Crippen LogP contribution is 2.14. The Morgan fingerprint density at radius 3 is 2.64 bits per heavy atom. The Morgan fingerprint density at radius 2 is 2.21 bits per heavy atom. The summed E-state index contributed by atoms with van der Waals surface area (Å²) in [5.41, 5.74) is 8.99. The lowest BCUT2D eigenvalue weighted by Crippen LogP contribution is -2.37. The molecule has 0 saturated heterocycles. The molecule has 0 spiro atoms. The Hall–Kier alpha value is -1.69. The number of hydrazone groups is 1. The number of amides is 1. The van der Waals surface area contributed by atoms with Crippen LogP contribution in [0.2, 0.25) is 0 Å². The van der Waals surface area contributed by atoms with E-state index in [1.807, 2.05) is 0 Å². The van der Waals surface area contributed by atoms with Crippen molar-refractivity contribution < 1.29 is 9.21 Å². The Morgan fingerprint density at radius 1 is 1.50 bits per heavy atom. The van der Waals surface area contributed by atoms with Gasteiger partial charge in [-0.3, -0.25) is 4.79 Å². The summed E-state index contributed by atoms with van der Waals surface area (Å²) in [4.78, 5) is 15.1. The molecule has 14 heavy (non-hydrogen) atoms. The zero-order chi connectivity index (χ0) is 10.3. The monoisotopic (exact) mass is 194 g/mol. The van der Waals surface area contributed by atoms with Crippen molar-refractivity contribution >= 4 is 11.6 Å². The maximum atomic E-state index is 11.1. The van der Waals surface area contributed by atoms with Crippen LogP contribution < -0.4 is 11.2 Å². The quantitative estimate of drug-likeness (QED) is 0.627. The second-order valence-electron chi connectivity index (χ2n) is 3.10. The summed E-state index contributed by atoms with van der Waals surface area (Å²) in [6.45, 7) is 3.51. The van der Waals surface area contributed by atoms with Crippen LogP contribution in [-0.4, -0.2) is 22.6 Å². The SMILES string of the molecule is Cc1nc(C)c(C2=NNC(=O)C2N)o1. The van der Waals surface area contributed by atoms with Crippen molar-refractivity contribution in [2.24, 2.45) is 10.8 Å². The smallest absolute Gasteiger partial charge is 0.263 e. The van der Waals surface area contributed by atoms with Gasteiger partial charge in [0.2, 0.25) is 0 Å². The van der Waals surface area contributed by atoms with Gasteiger partial charge in [-0.25, -0.2) is 10.4 Å². The fourth-order valence-corrected chi connectivity index (χ4v) is 1.34. The van der Waals surface area contributed by atoms with Gasteiger partial charge >= 0.3 is 0 Å². The maximum Gasteiger partial charge on any atom is 0.263 e. The van der Waals surface area contributed by atoms with E-state index in [0.29, 0.717) is 23.1 Å². The molecule has 2 heterocycles. The summed E-state index contributed by atoms with van der Waals surface area (Å²) in [6.07, 6.45) is 0. The molecule has 0 fully saturated rings.